The number of fused-ring (bicyclic) bond motifs is 6. The van der Waals surface area contributed by atoms with E-state index in [1.54, 1.807) is 6.08 Å². The first-order valence-electron chi connectivity index (χ1n) is 20.6. The Hall–Kier alpha value is -6.29. The first kappa shape index (κ1) is 40.1. The number of carboxylic acid groups (broad SMARTS) is 1. The summed E-state index contributed by atoms with van der Waals surface area (Å²) in [6.07, 6.45) is 4.54. The van der Waals surface area contributed by atoms with Crippen molar-refractivity contribution in [1.29, 1.82) is 0 Å². The number of hydrogen-bond acceptors (Lipinski definition) is 7. The molecule has 0 unspecified atom stereocenters. The number of thioether (sulfide) groups is 1. The lowest BCUT2D eigenvalue weighted by atomic mass is 9.82. The van der Waals surface area contributed by atoms with Crippen LogP contribution in [-0.2, 0) is 20.4 Å². The third-order valence-corrected chi connectivity index (χ3v) is 13.6. The number of aliphatic carboxylic acids is 1. The highest BCUT2D eigenvalue weighted by Crippen LogP contribution is 2.53. The minimum absolute atomic E-state index is 0.134. The summed E-state index contributed by atoms with van der Waals surface area (Å²) in [5.74, 6) is -1.49. The normalized spacial score (nSPS) is 16.1. The quantitative estimate of drug-likeness (QED) is 0.0603. The molecule has 3 aliphatic rings. The van der Waals surface area contributed by atoms with Gasteiger partial charge < -0.3 is 10.0 Å². The second-order valence-electron chi connectivity index (χ2n) is 16.8. The van der Waals surface area contributed by atoms with Crippen molar-refractivity contribution in [2.24, 2.45) is 5.10 Å². The molecule has 6 aromatic rings. The molecule has 0 aromatic heterocycles. The largest absolute Gasteiger partial charge is 0.480 e. The summed E-state index contributed by atoms with van der Waals surface area (Å²) < 4.78 is 0.247. The van der Waals surface area contributed by atoms with Gasteiger partial charge >= 0.3 is 5.97 Å². The summed E-state index contributed by atoms with van der Waals surface area (Å²) in [7, 11) is 0. The van der Waals surface area contributed by atoms with Crippen LogP contribution in [0.4, 0.5) is 22.7 Å². The third-order valence-electron chi connectivity index (χ3n) is 12.2. The van der Waals surface area contributed by atoms with Crippen LogP contribution < -0.4 is 9.91 Å². The Morgan fingerprint density at radius 3 is 1.72 bits per heavy atom. The lowest BCUT2D eigenvalue weighted by Gasteiger charge is -2.29. The molecule has 0 radical (unpaired) electrons. The molecule has 0 saturated carbocycles. The van der Waals surface area contributed by atoms with E-state index in [9.17, 15) is 14.7 Å². The maximum atomic E-state index is 12.8. The zero-order valence-electron chi connectivity index (χ0n) is 34.8. The van der Waals surface area contributed by atoms with Crippen molar-refractivity contribution in [3.05, 3.63) is 172 Å². The van der Waals surface area contributed by atoms with Crippen LogP contribution in [0.1, 0.15) is 74.4 Å². The average Bonchev–Trinajstić information content (AvgIpc) is 3.75. The molecule has 61 heavy (non-hydrogen) atoms. The zero-order chi connectivity index (χ0) is 42.6. The molecule has 1 fully saturated rings. The van der Waals surface area contributed by atoms with Crippen LogP contribution in [0.3, 0.4) is 0 Å². The Morgan fingerprint density at radius 2 is 1.18 bits per heavy atom. The Labute approximate surface area is 367 Å². The fraction of sp³-hybridized carbons (Fsp3) is 0.192. The maximum absolute atomic E-state index is 12.8. The van der Waals surface area contributed by atoms with E-state index in [0.29, 0.717) is 11.4 Å². The van der Waals surface area contributed by atoms with Gasteiger partial charge in [-0.1, -0.05) is 144 Å². The van der Waals surface area contributed by atoms with Crippen LogP contribution in [0, 0.1) is 0 Å². The van der Waals surface area contributed by atoms with Gasteiger partial charge in [-0.05, 0) is 117 Å². The van der Waals surface area contributed by atoms with Gasteiger partial charge in [-0.25, -0.2) is 0 Å². The van der Waals surface area contributed by atoms with Gasteiger partial charge in [0.1, 0.15) is 10.9 Å². The van der Waals surface area contributed by atoms with Crippen LogP contribution >= 0.6 is 24.0 Å². The standard InChI is InChI=1S/C52H46N4O3S2/c1-6-27-55(35-19-15-33(16-20-35)28-47-49(59)54(32-48(57)58)50(60)61-47)53-31-34-17-21-36(22-18-34)56(37-23-25-41-39-11-7-9-13-43(39)51(2,3)45(41)29-37)38-24-26-42-40-12-8-10-14-44(40)52(4,5)46(42)30-38/h7-26,28-31H,6,27,32H2,1-5H3,(H,57,58)/b47-28+,53-31+. The summed E-state index contributed by atoms with van der Waals surface area (Å²) in [5.41, 5.74) is 16.3. The summed E-state index contributed by atoms with van der Waals surface area (Å²) in [6, 6.07) is 47.9. The van der Waals surface area contributed by atoms with Crippen molar-refractivity contribution in [2.45, 2.75) is 51.9 Å². The van der Waals surface area contributed by atoms with E-state index in [2.05, 4.69) is 149 Å². The summed E-state index contributed by atoms with van der Waals surface area (Å²) in [4.78, 5) is 27.9. The molecular weight excluding hydrogens is 793 g/mol. The summed E-state index contributed by atoms with van der Waals surface area (Å²) >= 11 is 6.37. The van der Waals surface area contributed by atoms with Gasteiger partial charge in [0.05, 0.1) is 16.8 Å². The molecule has 1 heterocycles. The van der Waals surface area contributed by atoms with Crippen LogP contribution in [0.15, 0.2) is 143 Å². The van der Waals surface area contributed by atoms with E-state index in [-0.39, 0.29) is 15.2 Å². The molecule has 2 aliphatic carbocycles. The van der Waals surface area contributed by atoms with Gasteiger partial charge in [0.25, 0.3) is 5.91 Å². The fourth-order valence-corrected chi connectivity index (χ4v) is 10.3. The molecule has 304 valence electrons. The molecule has 9 rings (SSSR count). The van der Waals surface area contributed by atoms with Crippen molar-refractivity contribution >= 4 is 75.2 Å². The van der Waals surface area contributed by atoms with Gasteiger partial charge in [0, 0.05) is 34.4 Å². The van der Waals surface area contributed by atoms with Crippen LogP contribution in [0.5, 0.6) is 0 Å². The number of carbonyl (C=O) groups is 2. The van der Waals surface area contributed by atoms with Crippen molar-refractivity contribution in [3.8, 4) is 22.3 Å². The Kier molecular flexibility index (Phi) is 10.3. The monoisotopic (exact) mass is 838 g/mol. The summed E-state index contributed by atoms with van der Waals surface area (Å²) in [6.45, 7) is 11.7. The highest BCUT2D eigenvalue weighted by Gasteiger charge is 2.38. The highest BCUT2D eigenvalue weighted by molar-refractivity contribution is 8.26. The number of benzene rings is 6. The molecule has 6 aromatic carbocycles. The van der Waals surface area contributed by atoms with Crippen LogP contribution in [-0.4, -0.2) is 45.5 Å². The van der Waals surface area contributed by atoms with E-state index in [1.807, 2.05) is 35.5 Å². The lowest BCUT2D eigenvalue weighted by molar-refractivity contribution is -0.140. The third kappa shape index (κ3) is 7.15. The number of thiocarbonyl (C=S) groups is 1. The average molecular weight is 839 g/mol. The minimum Gasteiger partial charge on any atom is -0.480 e. The van der Waals surface area contributed by atoms with E-state index in [4.69, 9.17) is 17.3 Å². The van der Waals surface area contributed by atoms with E-state index in [1.165, 1.54) is 44.5 Å². The molecule has 7 nitrogen and oxygen atoms in total. The number of carboxylic acids is 1. The molecule has 1 amide bonds. The van der Waals surface area contributed by atoms with Crippen molar-refractivity contribution in [2.75, 3.05) is 23.0 Å². The van der Waals surface area contributed by atoms with Crippen molar-refractivity contribution in [3.63, 3.8) is 0 Å². The second kappa shape index (κ2) is 15.6. The molecule has 0 spiro atoms. The van der Waals surface area contributed by atoms with Crippen molar-refractivity contribution < 1.29 is 14.7 Å². The second-order valence-corrected chi connectivity index (χ2v) is 18.5. The van der Waals surface area contributed by atoms with Gasteiger partial charge in [-0.3, -0.25) is 19.5 Å². The number of hydrazone groups is 1. The summed E-state index contributed by atoms with van der Waals surface area (Å²) in [5, 5.41) is 16.1. The Bertz CT molecular complexity index is 2700. The predicted molar refractivity (Wildman–Crippen MR) is 255 cm³/mol. The zero-order valence-corrected chi connectivity index (χ0v) is 36.5. The van der Waals surface area contributed by atoms with E-state index < -0.39 is 18.4 Å². The number of amides is 1. The highest BCUT2D eigenvalue weighted by atomic mass is 32.2. The smallest absolute Gasteiger partial charge is 0.323 e. The molecule has 1 N–H and O–H groups in total. The predicted octanol–water partition coefficient (Wildman–Crippen LogP) is 12.3. The first-order valence-corrected chi connectivity index (χ1v) is 21.9. The van der Waals surface area contributed by atoms with Gasteiger partial charge in [-0.2, -0.15) is 5.10 Å². The van der Waals surface area contributed by atoms with Gasteiger partial charge in [-0.15, -0.1) is 0 Å². The van der Waals surface area contributed by atoms with Crippen molar-refractivity contribution in [1.82, 2.24) is 4.90 Å². The first-order chi connectivity index (χ1) is 29.3. The molecule has 1 aliphatic heterocycles. The lowest BCUT2D eigenvalue weighted by Crippen LogP contribution is -2.33. The molecule has 9 heteroatoms. The number of carbonyl (C=O) groups excluding carboxylic acids is 1. The number of rotatable bonds is 11. The fourth-order valence-electron chi connectivity index (χ4n) is 9.09. The molecule has 0 bridgehead atoms. The number of hydrogen-bond donors (Lipinski definition) is 1. The van der Waals surface area contributed by atoms with Crippen LogP contribution in [0.25, 0.3) is 28.3 Å². The van der Waals surface area contributed by atoms with Gasteiger partial charge in [0.15, 0.2) is 0 Å². The molecule has 0 atom stereocenters. The maximum Gasteiger partial charge on any atom is 0.323 e. The SMILES string of the molecule is CCCN(/N=C/c1ccc(N(c2ccc3c(c2)C(C)(C)c2ccccc2-3)c2ccc3c(c2)C(C)(C)c2ccccc2-3)cc1)c1ccc(/C=C2/SC(=S)N(CC(=O)O)C2=O)cc1. The number of nitrogens with zero attached hydrogens (tertiary/aromatic N) is 4. The van der Waals surface area contributed by atoms with Gasteiger partial charge in [0.2, 0.25) is 0 Å². The minimum atomic E-state index is -1.10. The van der Waals surface area contributed by atoms with Crippen LogP contribution in [0.2, 0.25) is 0 Å². The Morgan fingerprint density at radius 1 is 0.689 bits per heavy atom. The Balaban J connectivity index is 1.02. The van der Waals surface area contributed by atoms with E-state index >= 15 is 0 Å². The van der Waals surface area contributed by atoms with E-state index in [0.717, 1.165) is 57.0 Å². The molecular formula is C52H46N4O3S2. The topological polar surface area (TPSA) is 76.4 Å². The molecule has 1 saturated heterocycles. The number of anilines is 4.